The fraction of sp³-hybridized carbons (Fsp3) is 0.321. The minimum absolute atomic E-state index is 0.0436. The lowest BCUT2D eigenvalue weighted by Crippen LogP contribution is -2.48. The molecule has 1 saturated heterocycles. The van der Waals surface area contributed by atoms with Gasteiger partial charge in [-0.2, -0.15) is 13.2 Å². The number of carbonyl (C=O) groups excluding carboxylic acids is 1. The Morgan fingerprint density at radius 3 is 2.23 bits per heavy atom. The van der Waals surface area contributed by atoms with E-state index in [1.165, 1.54) is 17.7 Å². The first kappa shape index (κ1) is 24.8. The molecule has 3 aromatic rings. The first-order chi connectivity index (χ1) is 16.8. The van der Waals surface area contributed by atoms with Crippen molar-refractivity contribution in [1.29, 1.82) is 0 Å². The van der Waals surface area contributed by atoms with Gasteiger partial charge in [0.2, 0.25) is 0 Å². The predicted octanol–water partition coefficient (Wildman–Crippen LogP) is 5.80. The number of amides is 1. The van der Waals surface area contributed by atoms with Crippen LogP contribution in [0.4, 0.5) is 13.2 Å². The fourth-order valence-corrected chi connectivity index (χ4v) is 4.18. The Kier molecular flexibility index (Phi) is 7.76. The maximum absolute atomic E-state index is 13.1. The van der Waals surface area contributed by atoms with Crippen molar-refractivity contribution < 1.29 is 22.7 Å². The van der Waals surface area contributed by atoms with Crippen molar-refractivity contribution in [2.24, 2.45) is 0 Å². The lowest BCUT2D eigenvalue weighted by molar-refractivity contribution is -0.137. The molecule has 0 spiro atoms. The van der Waals surface area contributed by atoms with Gasteiger partial charge < -0.3 is 9.64 Å². The Balaban J connectivity index is 1.30. The number of rotatable bonds is 7. The molecule has 3 aromatic carbocycles. The Hall–Kier alpha value is -3.32. The number of aryl methyl sites for hydroxylation is 1. The van der Waals surface area contributed by atoms with Crippen LogP contribution in [0.1, 0.15) is 39.5 Å². The van der Waals surface area contributed by atoms with Crippen LogP contribution in [0.15, 0.2) is 72.8 Å². The van der Waals surface area contributed by atoms with Crippen LogP contribution in [0.5, 0.6) is 5.75 Å². The van der Waals surface area contributed by atoms with E-state index in [2.05, 4.69) is 11.8 Å². The molecular weight excluding hydrogens is 453 g/mol. The van der Waals surface area contributed by atoms with Gasteiger partial charge >= 0.3 is 6.18 Å². The number of carbonyl (C=O) groups is 1. The van der Waals surface area contributed by atoms with Gasteiger partial charge in [0, 0.05) is 38.3 Å². The smallest absolute Gasteiger partial charge is 0.416 e. The van der Waals surface area contributed by atoms with E-state index < -0.39 is 11.7 Å². The third kappa shape index (κ3) is 6.63. The standard InChI is InChI=1S/C28H29F3N2O2/c1-2-21-9-11-26(12-10-21)35-20-23-6-3-7-24(17-23)27(34)33-15-13-32(14-16-33)19-22-5-4-8-25(18-22)28(29,30)31/h3-12,17-18H,2,13-16,19-20H2,1H3. The van der Waals surface area contributed by atoms with Gasteiger partial charge in [0.25, 0.3) is 5.91 Å². The van der Waals surface area contributed by atoms with E-state index in [1.807, 2.05) is 42.5 Å². The number of hydrogen-bond acceptors (Lipinski definition) is 3. The normalized spacial score (nSPS) is 14.7. The summed E-state index contributed by atoms with van der Waals surface area (Å²) in [5, 5.41) is 0. The molecule has 1 amide bonds. The van der Waals surface area contributed by atoms with Gasteiger partial charge in [-0.05, 0) is 53.4 Å². The maximum Gasteiger partial charge on any atom is 0.416 e. The van der Waals surface area contributed by atoms with Gasteiger partial charge in [0.1, 0.15) is 12.4 Å². The number of halogens is 3. The van der Waals surface area contributed by atoms with E-state index in [0.717, 1.165) is 23.8 Å². The molecule has 0 aliphatic carbocycles. The molecular formula is C28H29F3N2O2. The number of ether oxygens (including phenoxy) is 1. The SMILES string of the molecule is CCc1ccc(OCc2cccc(C(=O)N3CCN(Cc4cccc(C(F)(F)F)c4)CC3)c2)cc1. The van der Waals surface area contributed by atoms with Crippen molar-refractivity contribution in [3.05, 3.63) is 101 Å². The van der Waals surface area contributed by atoms with E-state index >= 15 is 0 Å². The lowest BCUT2D eigenvalue weighted by Gasteiger charge is -2.35. The van der Waals surface area contributed by atoms with Gasteiger partial charge in [-0.3, -0.25) is 9.69 Å². The van der Waals surface area contributed by atoms with Crippen LogP contribution in [0.2, 0.25) is 0 Å². The summed E-state index contributed by atoms with van der Waals surface area (Å²) in [5.41, 5.74) is 2.76. The highest BCUT2D eigenvalue weighted by Gasteiger charge is 2.30. The van der Waals surface area contributed by atoms with Crippen molar-refractivity contribution in [3.8, 4) is 5.75 Å². The van der Waals surface area contributed by atoms with Crippen molar-refractivity contribution in [1.82, 2.24) is 9.80 Å². The van der Waals surface area contributed by atoms with Crippen LogP contribution in [0, 0.1) is 0 Å². The Morgan fingerprint density at radius 1 is 0.857 bits per heavy atom. The van der Waals surface area contributed by atoms with Crippen molar-refractivity contribution >= 4 is 5.91 Å². The molecule has 184 valence electrons. The minimum Gasteiger partial charge on any atom is -0.489 e. The van der Waals surface area contributed by atoms with Gasteiger partial charge in [-0.15, -0.1) is 0 Å². The summed E-state index contributed by atoms with van der Waals surface area (Å²) in [6.07, 6.45) is -3.37. The Morgan fingerprint density at radius 2 is 1.54 bits per heavy atom. The topological polar surface area (TPSA) is 32.8 Å². The van der Waals surface area contributed by atoms with Crippen LogP contribution < -0.4 is 4.74 Å². The molecule has 0 aromatic heterocycles. The molecule has 0 radical (unpaired) electrons. The summed E-state index contributed by atoms with van der Waals surface area (Å²) in [5.74, 6) is 0.744. The lowest BCUT2D eigenvalue weighted by atomic mass is 10.1. The van der Waals surface area contributed by atoms with Gasteiger partial charge in [-0.1, -0.05) is 49.4 Å². The summed E-state index contributed by atoms with van der Waals surface area (Å²) in [7, 11) is 0. The molecule has 0 atom stereocenters. The Labute approximate surface area is 203 Å². The van der Waals surface area contributed by atoms with Crippen LogP contribution in [0.3, 0.4) is 0 Å². The molecule has 35 heavy (non-hydrogen) atoms. The number of alkyl halides is 3. The zero-order chi connectivity index (χ0) is 24.8. The van der Waals surface area contributed by atoms with E-state index in [0.29, 0.717) is 50.5 Å². The van der Waals surface area contributed by atoms with Gasteiger partial charge in [0.05, 0.1) is 5.56 Å². The summed E-state index contributed by atoms with van der Waals surface area (Å²) in [6.45, 7) is 5.19. The van der Waals surface area contributed by atoms with Crippen LogP contribution >= 0.6 is 0 Å². The second-order valence-electron chi connectivity index (χ2n) is 8.75. The molecule has 0 bridgehead atoms. The highest BCUT2D eigenvalue weighted by molar-refractivity contribution is 5.94. The van der Waals surface area contributed by atoms with E-state index in [4.69, 9.17) is 4.74 Å². The molecule has 4 nitrogen and oxygen atoms in total. The molecule has 4 rings (SSSR count). The van der Waals surface area contributed by atoms with Gasteiger partial charge in [0.15, 0.2) is 0 Å². The summed E-state index contributed by atoms with van der Waals surface area (Å²) in [6, 6.07) is 20.9. The van der Waals surface area contributed by atoms with Crippen LogP contribution in [-0.2, 0) is 25.7 Å². The second-order valence-corrected chi connectivity index (χ2v) is 8.75. The first-order valence-electron chi connectivity index (χ1n) is 11.8. The maximum atomic E-state index is 13.1. The molecule has 1 aliphatic rings. The zero-order valence-corrected chi connectivity index (χ0v) is 19.7. The molecule has 1 aliphatic heterocycles. The predicted molar refractivity (Wildman–Crippen MR) is 129 cm³/mol. The van der Waals surface area contributed by atoms with Crippen molar-refractivity contribution in [3.63, 3.8) is 0 Å². The highest BCUT2D eigenvalue weighted by Crippen LogP contribution is 2.30. The molecule has 0 N–H and O–H groups in total. The number of hydrogen-bond donors (Lipinski definition) is 0. The van der Waals surface area contributed by atoms with Crippen LogP contribution in [-0.4, -0.2) is 41.9 Å². The van der Waals surface area contributed by atoms with Crippen LogP contribution in [0.25, 0.3) is 0 Å². The molecule has 7 heteroatoms. The van der Waals surface area contributed by atoms with E-state index in [1.54, 1.807) is 17.0 Å². The highest BCUT2D eigenvalue weighted by atomic mass is 19.4. The monoisotopic (exact) mass is 482 g/mol. The summed E-state index contributed by atoms with van der Waals surface area (Å²) < 4.78 is 44.8. The quantitative estimate of drug-likeness (QED) is 0.426. The third-order valence-electron chi connectivity index (χ3n) is 6.23. The largest absolute Gasteiger partial charge is 0.489 e. The van der Waals surface area contributed by atoms with E-state index in [9.17, 15) is 18.0 Å². The van der Waals surface area contributed by atoms with E-state index in [-0.39, 0.29) is 5.91 Å². The third-order valence-corrected chi connectivity index (χ3v) is 6.23. The number of nitrogens with zero attached hydrogens (tertiary/aromatic N) is 2. The fourth-order valence-electron chi connectivity index (χ4n) is 4.18. The Bertz CT molecular complexity index is 1140. The molecule has 0 unspecified atom stereocenters. The van der Waals surface area contributed by atoms with Gasteiger partial charge in [-0.25, -0.2) is 0 Å². The molecule has 1 fully saturated rings. The second kappa shape index (κ2) is 11.0. The number of benzene rings is 3. The molecule has 1 heterocycles. The van der Waals surface area contributed by atoms with Crippen molar-refractivity contribution in [2.75, 3.05) is 26.2 Å². The summed E-state index contributed by atoms with van der Waals surface area (Å²) >= 11 is 0. The minimum atomic E-state index is -4.35. The molecule has 0 saturated carbocycles. The summed E-state index contributed by atoms with van der Waals surface area (Å²) in [4.78, 5) is 16.9. The van der Waals surface area contributed by atoms with Crippen molar-refractivity contribution in [2.45, 2.75) is 32.7 Å². The zero-order valence-electron chi connectivity index (χ0n) is 19.7. The average Bonchev–Trinajstić information content (AvgIpc) is 2.88. The average molecular weight is 483 g/mol. The first-order valence-corrected chi connectivity index (χ1v) is 11.8. The number of piperazine rings is 1.